The summed E-state index contributed by atoms with van der Waals surface area (Å²) >= 11 is 0. The van der Waals surface area contributed by atoms with Gasteiger partial charge in [-0.3, -0.25) is 9.78 Å². The van der Waals surface area contributed by atoms with Gasteiger partial charge in [0.25, 0.3) is 5.56 Å². The first-order valence-corrected chi connectivity index (χ1v) is 4.17. The SMILES string of the molecule is Nc1ncc(-c2ccccc2)c(=O)[nH]1. The molecule has 0 saturated heterocycles. The van der Waals surface area contributed by atoms with Crippen LogP contribution in [-0.4, -0.2) is 9.97 Å². The predicted molar refractivity (Wildman–Crippen MR) is 54.7 cm³/mol. The summed E-state index contributed by atoms with van der Waals surface area (Å²) < 4.78 is 0. The second kappa shape index (κ2) is 3.33. The second-order valence-corrected chi connectivity index (χ2v) is 2.88. The van der Waals surface area contributed by atoms with E-state index in [0.717, 1.165) is 5.56 Å². The number of aromatic amines is 1. The van der Waals surface area contributed by atoms with Crippen molar-refractivity contribution in [2.45, 2.75) is 0 Å². The summed E-state index contributed by atoms with van der Waals surface area (Å²) in [4.78, 5) is 17.8. The molecule has 0 atom stereocenters. The highest BCUT2D eigenvalue weighted by molar-refractivity contribution is 5.61. The van der Waals surface area contributed by atoms with Crippen LogP contribution >= 0.6 is 0 Å². The number of hydrogen-bond acceptors (Lipinski definition) is 3. The first-order chi connectivity index (χ1) is 6.77. The van der Waals surface area contributed by atoms with Crippen molar-refractivity contribution in [3.8, 4) is 11.1 Å². The molecule has 0 aliphatic rings. The number of nitrogens with two attached hydrogens (primary N) is 1. The van der Waals surface area contributed by atoms with Crippen LogP contribution in [0.25, 0.3) is 11.1 Å². The molecule has 1 heterocycles. The molecular formula is C10H9N3O. The Labute approximate surface area is 80.4 Å². The van der Waals surface area contributed by atoms with Crippen molar-refractivity contribution >= 4 is 5.95 Å². The van der Waals surface area contributed by atoms with Gasteiger partial charge in [-0.05, 0) is 5.56 Å². The molecule has 0 saturated carbocycles. The summed E-state index contributed by atoms with van der Waals surface area (Å²) in [5.74, 6) is 0.134. The van der Waals surface area contributed by atoms with Gasteiger partial charge >= 0.3 is 0 Å². The lowest BCUT2D eigenvalue weighted by molar-refractivity contribution is 1.14. The first-order valence-electron chi connectivity index (χ1n) is 4.17. The number of hydrogen-bond donors (Lipinski definition) is 2. The highest BCUT2D eigenvalue weighted by Gasteiger charge is 2.02. The summed E-state index contributed by atoms with van der Waals surface area (Å²) in [6, 6.07) is 9.32. The Morgan fingerprint density at radius 3 is 2.57 bits per heavy atom. The Hall–Kier alpha value is -2.10. The average molecular weight is 187 g/mol. The lowest BCUT2D eigenvalue weighted by atomic mass is 10.1. The van der Waals surface area contributed by atoms with Crippen LogP contribution in [0.2, 0.25) is 0 Å². The zero-order valence-corrected chi connectivity index (χ0v) is 7.40. The number of anilines is 1. The second-order valence-electron chi connectivity index (χ2n) is 2.88. The van der Waals surface area contributed by atoms with Crippen molar-refractivity contribution in [3.63, 3.8) is 0 Å². The minimum atomic E-state index is -0.219. The monoisotopic (exact) mass is 187 g/mol. The smallest absolute Gasteiger partial charge is 0.260 e. The van der Waals surface area contributed by atoms with Crippen molar-refractivity contribution in [1.82, 2.24) is 9.97 Å². The average Bonchev–Trinajstić information content (AvgIpc) is 2.19. The summed E-state index contributed by atoms with van der Waals surface area (Å²) in [5.41, 5.74) is 6.48. The Kier molecular flexibility index (Phi) is 2.02. The maximum Gasteiger partial charge on any atom is 0.260 e. The normalized spacial score (nSPS) is 10.0. The van der Waals surface area contributed by atoms with E-state index < -0.39 is 0 Å². The third-order valence-electron chi connectivity index (χ3n) is 1.90. The molecular weight excluding hydrogens is 178 g/mol. The van der Waals surface area contributed by atoms with Crippen molar-refractivity contribution in [2.24, 2.45) is 0 Å². The van der Waals surface area contributed by atoms with E-state index >= 15 is 0 Å². The molecule has 2 aromatic rings. The van der Waals surface area contributed by atoms with E-state index in [0.29, 0.717) is 5.56 Å². The standard InChI is InChI=1S/C10H9N3O/c11-10-12-6-8(9(14)13-10)7-4-2-1-3-5-7/h1-6H,(H3,11,12,13,14). The van der Waals surface area contributed by atoms with Gasteiger partial charge in [-0.2, -0.15) is 0 Å². The summed E-state index contributed by atoms with van der Waals surface area (Å²) in [7, 11) is 0. The highest BCUT2D eigenvalue weighted by Crippen LogP contribution is 2.12. The van der Waals surface area contributed by atoms with E-state index in [1.807, 2.05) is 30.3 Å². The molecule has 0 unspecified atom stereocenters. The molecule has 14 heavy (non-hydrogen) atoms. The van der Waals surface area contributed by atoms with E-state index in [4.69, 9.17) is 5.73 Å². The van der Waals surface area contributed by atoms with E-state index in [2.05, 4.69) is 9.97 Å². The van der Waals surface area contributed by atoms with Gasteiger partial charge in [0.15, 0.2) is 5.95 Å². The van der Waals surface area contributed by atoms with Gasteiger partial charge in [0, 0.05) is 6.20 Å². The number of nitrogens with zero attached hydrogens (tertiary/aromatic N) is 1. The maximum atomic E-state index is 11.5. The molecule has 0 aliphatic heterocycles. The van der Waals surface area contributed by atoms with Crippen LogP contribution in [0.4, 0.5) is 5.95 Å². The van der Waals surface area contributed by atoms with E-state index in [1.165, 1.54) is 6.20 Å². The van der Waals surface area contributed by atoms with E-state index in [1.54, 1.807) is 0 Å². The van der Waals surface area contributed by atoms with E-state index in [-0.39, 0.29) is 11.5 Å². The summed E-state index contributed by atoms with van der Waals surface area (Å²) in [6.07, 6.45) is 1.48. The van der Waals surface area contributed by atoms with Crippen LogP contribution in [-0.2, 0) is 0 Å². The minimum Gasteiger partial charge on any atom is -0.369 e. The maximum absolute atomic E-state index is 11.5. The van der Waals surface area contributed by atoms with Gasteiger partial charge in [0.1, 0.15) is 0 Å². The number of aromatic nitrogens is 2. The largest absolute Gasteiger partial charge is 0.369 e. The van der Waals surface area contributed by atoms with Crippen molar-refractivity contribution in [1.29, 1.82) is 0 Å². The molecule has 4 heteroatoms. The number of nitrogen functional groups attached to an aromatic ring is 1. The third-order valence-corrected chi connectivity index (χ3v) is 1.90. The number of rotatable bonds is 1. The van der Waals surface area contributed by atoms with Gasteiger partial charge in [-0.15, -0.1) is 0 Å². The van der Waals surface area contributed by atoms with Gasteiger partial charge in [-0.1, -0.05) is 30.3 Å². The molecule has 1 aromatic heterocycles. The number of nitrogens with one attached hydrogen (secondary N) is 1. The zero-order valence-electron chi connectivity index (χ0n) is 7.40. The molecule has 70 valence electrons. The third kappa shape index (κ3) is 1.50. The summed E-state index contributed by atoms with van der Waals surface area (Å²) in [6.45, 7) is 0. The topological polar surface area (TPSA) is 71.8 Å². The molecule has 3 N–H and O–H groups in total. The van der Waals surface area contributed by atoms with Crippen LogP contribution in [0, 0.1) is 0 Å². The van der Waals surface area contributed by atoms with Crippen molar-refractivity contribution < 1.29 is 0 Å². The zero-order chi connectivity index (χ0) is 9.97. The highest BCUT2D eigenvalue weighted by atomic mass is 16.1. The Morgan fingerprint density at radius 2 is 1.93 bits per heavy atom. The van der Waals surface area contributed by atoms with Crippen LogP contribution < -0.4 is 11.3 Å². The quantitative estimate of drug-likeness (QED) is 0.700. The summed E-state index contributed by atoms with van der Waals surface area (Å²) in [5, 5.41) is 0. The van der Waals surface area contributed by atoms with Gasteiger partial charge < -0.3 is 5.73 Å². The molecule has 0 aliphatic carbocycles. The predicted octanol–water partition coefficient (Wildman–Crippen LogP) is 1.02. The van der Waals surface area contributed by atoms with Crippen molar-refractivity contribution in [2.75, 3.05) is 5.73 Å². The van der Waals surface area contributed by atoms with Gasteiger partial charge in [-0.25, -0.2) is 4.98 Å². The Balaban J connectivity index is 2.59. The van der Waals surface area contributed by atoms with E-state index in [9.17, 15) is 4.79 Å². The van der Waals surface area contributed by atoms with Crippen LogP contribution in [0.1, 0.15) is 0 Å². The Morgan fingerprint density at radius 1 is 1.21 bits per heavy atom. The van der Waals surface area contributed by atoms with Gasteiger partial charge in [0.05, 0.1) is 5.56 Å². The first kappa shape index (κ1) is 8.50. The van der Waals surface area contributed by atoms with Crippen LogP contribution in [0.3, 0.4) is 0 Å². The molecule has 0 fully saturated rings. The molecule has 4 nitrogen and oxygen atoms in total. The van der Waals surface area contributed by atoms with Gasteiger partial charge in [0.2, 0.25) is 0 Å². The minimum absolute atomic E-state index is 0.134. The molecule has 0 amide bonds. The molecule has 2 rings (SSSR count). The fourth-order valence-corrected chi connectivity index (χ4v) is 1.23. The molecule has 1 aromatic carbocycles. The Bertz CT molecular complexity index is 490. The van der Waals surface area contributed by atoms with Crippen molar-refractivity contribution in [3.05, 3.63) is 46.9 Å². The number of benzene rings is 1. The molecule has 0 radical (unpaired) electrons. The lowest BCUT2D eigenvalue weighted by Gasteiger charge is -1.99. The lowest BCUT2D eigenvalue weighted by Crippen LogP contribution is -2.12. The van der Waals surface area contributed by atoms with Crippen LogP contribution in [0.15, 0.2) is 41.3 Å². The number of H-pyrrole nitrogens is 1. The molecule has 0 spiro atoms. The van der Waals surface area contributed by atoms with Crippen LogP contribution in [0.5, 0.6) is 0 Å². The molecule has 0 bridgehead atoms. The fourth-order valence-electron chi connectivity index (χ4n) is 1.23. The fraction of sp³-hybridized carbons (Fsp3) is 0.